The lowest BCUT2D eigenvalue weighted by atomic mass is 10.4. The minimum atomic E-state index is 1.09. The second-order valence-corrected chi connectivity index (χ2v) is 7.16. The van der Waals surface area contributed by atoms with E-state index in [0.717, 1.165) is 7.55 Å². The second kappa shape index (κ2) is 2.39. The monoisotopic (exact) mass is 170 g/mol. The van der Waals surface area contributed by atoms with Crippen LogP contribution in [-0.4, -0.2) is 0 Å². The standard InChI is InChI=1S/C6H5P3/c1-2-4-6-5(3-1)7-9-8-6/h1-4,9H. The predicted octanol–water partition coefficient (Wildman–Crippen LogP) is 4.03. The first-order valence-corrected chi connectivity index (χ1v) is 7.19. The summed E-state index contributed by atoms with van der Waals surface area (Å²) in [5.74, 6) is 0. The summed E-state index contributed by atoms with van der Waals surface area (Å²) < 4.78 is 0. The Morgan fingerprint density at radius 1 is 1.00 bits per heavy atom. The average Bonchev–Trinajstić information content (AvgIpc) is 2.33. The predicted molar refractivity (Wildman–Crippen MR) is 48.5 cm³/mol. The molecular formula is C6H5P3. The van der Waals surface area contributed by atoms with Gasteiger partial charge in [0.25, 0.3) is 0 Å². The molecule has 1 aromatic carbocycles. The van der Waals surface area contributed by atoms with Crippen molar-refractivity contribution >= 4 is 33.5 Å². The van der Waals surface area contributed by atoms with E-state index >= 15 is 0 Å². The number of benzene rings is 1. The van der Waals surface area contributed by atoms with Gasteiger partial charge in [-0.1, -0.05) is 19.7 Å². The van der Waals surface area contributed by atoms with Gasteiger partial charge in [0.05, 0.1) is 0 Å². The quantitative estimate of drug-likeness (QED) is 0.559. The molecule has 0 saturated heterocycles. The number of fused-ring (bicyclic) bond motifs is 1. The zero-order valence-electron chi connectivity index (χ0n) is 4.70. The summed E-state index contributed by atoms with van der Waals surface area (Å²) in [6.07, 6.45) is 0. The van der Waals surface area contributed by atoms with Crippen LogP contribution in [0.5, 0.6) is 0 Å². The van der Waals surface area contributed by atoms with Crippen molar-refractivity contribution in [3.8, 4) is 0 Å². The van der Waals surface area contributed by atoms with Crippen LogP contribution < -0.4 is 0 Å². The molecule has 2 aromatic rings. The molecular weight excluding hydrogens is 165 g/mol. The molecule has 0 fully saturated rings. The summed E-state index contributed by atoms with van der Waals surface area (Å²) in [5.41, 5.74) is 0. The largest absolute Gasteiger partial charge is 0.0806 e. The average molecular weight is 170 g/mol. The molecule has 44 valence electrons. The fourth-order valence-corrected chi connectivity index (χ4v) is 6.97. The molecule has 0 bridgehead atoms. The minimum Gasteiger partial charge on any atom is -0.0806 e. The maximum absolute atomic E-state index is 2.23. The van der Waals surface area contributed by atoms with E-state index in [1.165, 1.54) is 26.0 Å². The zero-order valence-corrected chi connectivity index (χ0v) is 7.49. The lowest BCUT2D eigenvalue weighted by molar-refractivity contribution is 1.88. The van der Waals surface area contributed by atoms with Crippen LogP contribution in [0.4, 0.5) is 0 Å². The van der Waals surface area contributed by atoms with Crippen molar-refractivity contribution in [1.29, 1.82) is 0 Å². The van der Waals surface area contributed by atoms with E-state index in [9.17, 15) is 0 Å². The molecule has 0 nitrogen and oxygen atoms in total. The first kappa shape index (κ1) is 5.87. The SMILES string of the molecule is c1ccc2p[pH]pc2c1. The Balaban J connectivity index is 2.95. The highest BCUT2D eigenvalue weighted by Crippen LogP contribution is 2.43. The van der Waals surface area contributed by atoms with Crippen LogP contribution in [0.25, 0.3) is 10.2 Å². The maximum Gasteiger partial charge on any atom is 0.0179 e. The highest BCUT2D eigenvalue weighted by molar-refractivity contribution is 8.20. The molecule has 0 aliphatic carbocycles. The number of hydrogen-bond acceptors (Lipinski definition) is 0. The fraction of sp³-hybridized carbons (Fsp3) is 0. The smallest absolute Gasteiger partial charge is 0.0179 e. The van der Waals surface area contributed by atoms with Gasteiger partial charge in [0.2, 0.25) is 0 Å². The summed E-state index contributed by atoms with van der Waals surface area (Å²) >= 11 is 0. The molecule has 9 heavy (non-hydrogen) atoms. The molecule has 0 radical (unpaired) electrons. The van der Waals surface area contributed by atoms with Gasteiger partial charge in [0, 0.05) is 10.2 Å². The third-order valence-electron chi connectivity index (χ3n) is 1.22. The van der Waals surface area contributed by atoms with Gasteiger partial charge in [0.1, 0.15) is 0 Å². The Morgan fingerprint density at radius 2 is 1.56 bits per heavy atom. The molecule has 0 amide bonds. The van der Waals surface area contributed by atoms with Gasteiger partial charge in [-0.05, 0) is 27.9 Å². The van der Waals surface area contributed by atoms with E-state index in [0.29, 0.717) is 0 Å². The van der Waals surface area contributed by atoms with Gasteiger partial charge < -0.3 is 0 Å². The molecule has 1 heterocycles. The minimum absolute atomic E-state index is 1.09. The van der Waals surface area contributed by atoms with E-state index in [1.807, 2.05) is 0 Å². The van der Waals surface area contributed by atoms with E-state index in [-0.39, 0.29) is 0 Å². The van der Waals surface area contributed by atoms with Crippen LogP contribution in [0, 0.1) is 0 Å². The van der Waals surface area contributed by atoms with Crippen molar-refractivity contribution in [2.45, 2.75) is 0 Å². The molecule has 0 unspecified atom stereocenters. The molecule has 1 aromatic heterocycles. The fourth-order valence-electron chi connectivity index (χ4n) is 0.786. The lowest BCUT2D eigenvalue weighted by Gasteiger charge is -1.81. The van der Waals surface area contributed by atoms with Crippen molar-refractivity contribution in [1.82, 2.24) is 0 Å². The molecule has 0 atom stereocenters. The highest BCUT2D eigenvalue weighted by Gasteiger charge is 1.88. The summed E-state index contributed by atoms with van der Waals surface area (Å²) in [7, 11) is 4.17. The Hall–Kier alpha value is 0.120. The van der Waals surface area contributed by atoms with Crippen LogP contribution >= 0.6 is 23.3 Å². The number of rotatable bonds is 0. The van der Waals surface area contributed by atoms with E-state index in [4.69, 9.17) is 0 Å². The Morgan fingerprint density at radius 3 is 2.11 bits per heavy atom. The second-order valence-electron chi connectivity index (χ2n) is 1.81. The van der Waals surface area contributed by atoms with Gasteiger partial charge in [-0.25, -0.2) is 0 Å². The van der Waals surface area contributed by atoms with Gasteiger partial charge in [-0.2, -0.15) is 0 Å². The van der Waals surface area contributed by atoms with Crippen molar-refractivity contribution in [3.63, 3.8) is 0 Å². The molecule has 0 aliphatic rings. The summed E-state index contributed by atoms with van der Waals surface area (Å²) in [6.45, 7) is 0. The highest BCUT2D eigenvalue weighted by atomic mass is 32.1. The van der Waals surface area contributed by atoms with Gasteiger partial charge in [-0.3, -0.25) is 0 Å². The van der Waals surface area contributed by atoms with Crippen molar-refractivity contribution in [2.75, 3.05) is 0 Å². The van der Waals surface area contributed by atoms with Crippen LogP contribution in [-0.2, 0) is 0 Å². The van der Waals surface area contributed by atoms with Crippen molar-refractivity contribution in [3.05, 3.63) is 24.3 Å². The van der Waals surface area contributed by atoms with Gasteiger partial charge >= 0.3 is 0 Å². The Bertz CT molecular complexity index is 282. The van der Waals surface area contributed by atoms with Crippen LogP contribution in [0.2, 0.25) is 0 Å². The molecule has 0 aliphatic heterocycles. The molecule has 3 heteroatoms. The number of hydrogen-bond donors (Lipinski definition) is 0. The van der Waals surface area contributed by atoms with Crippen LogP contribution in [0.3, 0.4) is 0 Å². The topological polar surface area (TPSA) is 0 Å². The van der Waals surface area contributed by atoms with Gasteiger partial charge in [0.15, 0.2) is 0 Å². The van der Waals surface area contributed by atoms with Crippen LogP contribution in [0.1, 0.15) is 0 Å². The third kappa shape index (κ3) is 1.04. The molecule has 0 N–H and O–H groups in total. The first-order valence-electron chi connectivity index (χ1n) is 2.72. The summed E-state index contributed by atoms with van der Waals surface area (Å²) in [5, 5.41) is 3.08. The summed E-state index contributed by atoms with van der Waals surface area (Å²) in [4.78, 5) is 0. The maximum atomic E-state index is 2.23. The summed E-state index contributed by atoms with van der Waals surface area (Å²) in [6, 6.07) is 8.70. The Kier molecular flexibility index (Phi) is 1.56. The lowest BCUT2D eigenvalue weighted by Crippen LogP contribution is -1.53. The molecule has 0 spiro atoms. The van der Waals surface area contributed by atoms with Crippen LogP contribution in [0.15, 0.2) is 24.3 Å². The molecule has 2 rings (SSSR count). The van der Waals surface area contributed by atoms with E-state index in [2.05, 4.69) is 24.3 Å². The molecule has 0 saturated carbocycles. The van der Waals surface area contributed by atoms with E-state index in [1.54, 1.807) is 0 Å². The van der Waals surface area contributed by atoms with Crippen molar-refractivity contribution in [2.24, 2.45) is 0 Å². The Labute approximate surface area is 58.4 Å². The zero-order chi connectivity index (χ0) is 6.10. The first-order chi connectivity index (χ1) is 4.47. The van der Waals surface area contributed by atoms with Crippen molar-refractivity contribution < 1.29 is 0 Å². The normalized spacial score (nSPS) is 12.9. The third-order valence-corrected chi connectivity index (χ3v) is 6.71. The van der Waals surface area contributed by atoms with E-state index < -0.39 is 0 Å². The van der Waals surface area contributed by atoms with Gasteiger partial charge in [-0.15, -0.1) is 0 Å².